The molecule has 5 atom stereocenters. The highest BCUT2D eigenvalue weighted by Crippen LogP contribution is 2.60. The van der Waals surface area contributed by atoms with Crippen molar-refractivity contribution >= 4 is 0 Å². The molecule has 2 heterocycles. The summed E-state index contributed by atoms with van der Waals surface area (Å²) in [6.45, 7) is 6.65. The van der Waals surface area contributed by atoms with E-state index in [9.17, 15) is 0 Å². The van der Waals surface area contributed by atoms with E-state index in [-0.39, 0.29) is 24.1 Å². The van der Waals surface area contributed by atoms with Gasteiger partial charge in [0.15, 0.2) is 12.1 Å². The average molecular weight is 304 g/mol. The van der Waals surface area contributed by atoms with Gasteiger partial charge in [-0.3, -0.25) is 0 Å². The number of benzene rings is 1. The van der Waals surface area contributed by atoms with Crippen molar-refractivity contribution in [2.24, 2.45) is 5.92 Å². The second-order valence-electron chi connectivity index (χ2n) is 7.07. The quantitative estimate of drug-likeness (QED) is 0.855. The summed E-state index contributed by atoms with van der Waals surface area (Å²) in [6, 6.07) is 10.3. The van der Waals surface area contributed by atoms with Gasteiger partial charge in [0.25, 0.3) is 0 Å². The second-order valence-corrected chi connectivity index (χ2v) is 7.07. The smallest absolute Gasteiger partial charge is 0.190 e. The lowest BCUT2D eigenvalue weighted by molar-refractivity contribution is -0.227. The number of rotatable bonds is 4. The number of fused-ring (bicyclic) bond motifs is 1. The molecule has 0 aromatic heterocycles. The van der Waals surface area contributed by atoms with Gasteiger partial charge in [-0.05, 0) is 31.7 Å². The molecule has 4 rings (SSSR count). The Balaban J connectivity index is 1.51. The fraction of sp³-hybridized carbons (Fsp3) is 0.667. The molecule has 2 aliphatic heterocycles. The molecule has 1 aromatic carbocycles. The number of hydrogen-bond donors (Lipinski definition) is 0. The first kappa shape index (κ1) is 14.6. The van der Waals surface area contributed by atoms with Crippen LogP contribution in [-0.4, -0.2) is 29.9 Å². The standard InChI is InChI=1S/C18H24O4/c1-4-13-10-18(13)15(19-11-12-8-6-5-7-9-12)14-16(22-18)21-17(2,3)20-14/h5-9,13-16H,4,10-11H2,1-3H3/t13-,14-,15?,16-,18-/m0/s1. The van der Waals surface area contributed by atoms with Crippen LogP contribution in [-0.2, 0) is 25.6 Å². The van der Waals surface area contributed by atoms with E-state index in [1.54, 1.807) is 0 Å². The minimum Gasteiger partial charge on any atom is -0.368 e. The number of hydrogen-bond acceptors (Lipinski definition) is 4. The molecule has 3 fully saturated rings. The van der Waals surface area contributed by atoms with Crippen LogP contribution in [0.3, 0.4) is 0 Å². The third-order valence-corrected chi connectivity index (χ3v) is 5.07. The Kier molecular flexibility index (Phi) is 3.35. The van der Waals surface area contributed by atoms with Gasteiger partial charge in [0.2, 0.25) is 0 Å². The van der Waals surface area contributed by atoms with Gasteiger partial charge in [-0.25, -0.2) is 0 Å². The van der Waals surface area contributed by atoms with Gasteiger partial charge in [-0.2, -0.15) is 0 Å². The zero-order valence-corrected chi connectivity index (χ0v) is 13.5. The van der Waals surface area contributed by atoms with Gasteiger partial charge in [0.1, 0.15) is 17.8 Å². The van der Waals surface area contributed by atoms with Crippen molar-refractivity contribution in [3.05, 3.63) is 35.9 Å². The zero-order valence-electron chi connectivity index (χ0n) is 13.5. The molecule has 1 aromatic rings. The predicted octanol–water partition coefficient (Wildman–Crippen LogP) is 3.25. The maximum Gasteiger partial charge on any atom is 0.190 e. The van der Waals surface area contributed by atoms with Crippen LogP contribution in [0.15, 0.2) is 30.3 Å². The van der Waals surface area contributed by atoms with E-state index in [0.717, 1.165) is 12.8 Å². The highest BCUT2D eigenvalue weighted by molar-refractivity contribution is 5.19. The molecule has 3 aliphatic rings. The van der Waals surface area contributed by atoms with E-state index < -0.39 is 5.79 Å². The van der Waals surface area contributed by atoms with E-state index in [0.29, 0.717) is 12.5 Å². The van der Waals surface area contributed by atoms with Crippen LogP contribution in [0, 0.1) is 5.92 Å². The first-order valence-electron chi connectivity index (χ1n) is 8.23. The SMILES string of the molecule is CC[C@H]1C[C@]12O[C@@H]1OC(C)(C)O[C@H]1C2OCc1ccccc1. The van der Waals surface area contributed by atoms with E-state index in [1.807, 2.05) is 32.0 Å². The van der Waals surface area contributed by atoms with E-state index in [1.165, 1.54) is 5.56 Å². The van der Waals surface area contributed by atoms with Crippen LogP contribution < -0.4 is 0 Å². The Morgan fingerprint density at radius 1 is 1.14 bits per heavy atom. The summed E-state index contributed by atoms with van der Waals surface area (Å²) in [5.74, 6) is -0.0452. The first-order valence-corrected chi connectivity index (χ1v) is 8.23. The molecule has 22 heavy (non-hydrogen) atoms. The van der Waals surface area contributed by atoms with Crippen molar-refractivity contribution in [2.45, 2.75) is 70.1 Å². The van der Waals surface area contributed by atoms with Gasteiger partial charge >= 0.3 is 0 Å². The Morgan fingerprint density at radius 3 is 2.59 bits per heavy atom. The van der Waals surface area contributed by atoms with Crippen LogP contribution in [0.4, 0.5) is 0 Å². The summed E-state index contributed by atoms with van der Waals surface area (Å²) in [5.41, 5.74) is 0.975. The Morgan fingerprint density at radius 2 is 1.91 bits per heavy atom. The minimum atomic E-state index is -0.595. The third-order valence-electron chi connectivity index (χ3n) is 5.07. The summed E-state index contributed by atoms with van der Waals surface area (Å²) in [5, 5.41) is 0. The Bertz CT molecular complexity index is 543. The molecule has 120 valence electrons. The summed E-state index contributed by atoms with van der Waals surface area (Å²) >= 11 is 0. The minimum absolute atomic E-state index is 0.0515. The normalized spacial score (nSPS) is 41.8. The summed E-state index contributed by atoms with van der Waals surface area (Å²) in [4.78, 5) is 0. The van der Waals surface area contributed by atoms with Crippen LogP contribution in [0.2, 0.25) is 0 Å². The largest absolute Gasteiger partial charge is 0.368 e. The number of ether oxygens (including phenoxy) is 4. The van der Waals surface area contributed by atoms with E-state index >= 15 is 0 Å². The molecule has 0 N–H and O–H groups in total. The lowest BCUT2D eigenvalue weighted by atomic mass is 10.1. The highest BCUT2D eigenvalue weighted by Gasteiger charge is 2.72. The van der Waals surface area contributed by atoms with Crippen molar-refractivity contribution in [3.63, 3.8) is 0 Å². The summed E-state index contributed by atoms with van der Waals surface area (Å²) in [7, 11) is 0. The molecule has 0 amide bonds. The van der Waals surface area contributed by atoms with Crippen LogP contribution in [0.5, 0.6) is 0 Å². The summed E-state index contributed by atoms with van der Waals surface area (Å²) < 4.78 is 24.5. The lowest BCUT2D eigenvalue weighted by Crippen LogP contribution is -2.39. The molecule has 1 unspecified atom stereocenters. The second kappa shape index (κ2) is 5.03. The first-order chi connectivity index (χ1) is 10.5. The van der Waals surface area contributed by atoms with Crippen molar-refractivity contribution < 1.29 is 18.9 Å². The van der Waals surface area contributed by atoms with Gasteiger partial charge in [-0.1, -0.05) is 43.7 Å². The molecule has 4 heteroatoms. The van der Waals surface area contributed by atoms with Crippen LogP contribution in [0.25, 0.3) is 0 Å². The molecule has 0 bridgehead atoms. The lowest BCUT2D eigenvalue weighted by Gasteiger charge is -2.26. The average Bonchev–Trinajstić information content (AvgIpc) is 3.02. The van der Waals surface area contributed by atoms with Crippen molar-refractivity contribution in [1.82, 2.24) is 0 Å². The molecular formula is C18H24O4. The topological polar surface area (TPSA) is 36.9 Å². The van der Waals surface area contributed by atoms with E-state index in [4.69, 9.17) is 18.9 Å². The predicted molar refractivity (Wildman–Crippen MR) is 81.1 cm³/mol. The van der Waals surface area contributed by atoms with E-state index in [2.05, 4.69) is 19.1 Å². The van der Waals surface area contributed by atoms with Crippen LogP contribution in [0.1, 0.15) is 39.2 Å². The molecule has 4 nitrogen and oxygen atoms in total. The molecule has 1 saturated carbocycles. The molecular weight excluding hydrogens is 280 g/mol. The van der Waals surface area contributed by atoms with Gasteiger partial charge < -0.3 is 18.9 Å². The van der Waals surface area contributed by atoms with Crippen molar-refractivity contribution in [2.75, 3.05) is 0 Å². The highest BCUT2D eigenvalue weighted by atomic mass is 16.8. The van der Waals surface area contributed by atoms with Crippen LogP contribution >= 0.6 is 0 Å². The van der Waals surface area contributed by atoms with Gasteiger partial charge in [0.05, 0.1) is 6.61 Å². The van der Waals surface area contributed by atoms with Crippen molar-refractivity contribution in [3.8, 4) is 0 Å². The molecule has 1 aliphatic carbocycles. The third kappa shape index (κ3) is 2.29. The monoisotopic (exact) mass is 304 g/mol. The fourth-order valence-electron chi connectivity index (χ4n) is 3.92. The van der Waals surface area contributed by atoms with Gasteiger partial charge in [0, 0.05) is 0 Å². The summed E-state index contributed by atoms with van der Waals surface area (Å²) in [6.07, 6.45) is 1.67. The zero-order chi connectivity index (χ0) is 15.4. The maximum absolute atomic E-state index is 6.28. The Hall–Kier alpha value is -0.940. The molecule has 0 radical (unpaired) electrons. The van der Waals surface area contributed by atoms with Gasteiger partial charge in [-0.15, -0.1) is 0 Å². The molecule has 2 saturated heterocycles. The fourth-order valence-corrected chi connectivity index (χ4v) is 3.92. The Labute approximate surface area is 131 Å². The van der Waals surface area contributed by atoms with Crippen molar-refractivity contribution in [1.29, 1.82) is 0 Å². The molecule has 1 spiro atoms. The maximum atomic E-state index is 6.28.